The van der Waals surface area contributed by atoms with Crippen molar-refractivity contribution in [1.29, 1.82) is 0 Å². The van der Waals surface area contributed by atoms with Gasteiger partial charge in [-0.3, -0.25) is 14.2 Å². The number of aryl methyl sites for hydroxylation is 2. The smallest absolute Gasteiger partial charge is 0.194 e. The molecule has 0 radical (unpaired) electrons. The summed E-state index contributed by atoms with van der Waals surface area (Å²) in [6.07, 6.45) is 4.80. The molecule has 2 aromatic heterocycles. The van der Waals surface area contributed by atoms with Crippen LogP contribution in [0.5, 0.6) is 0 Å². The Bertz CT molecular complexity index is 969. The summed E-state index contributed by atoms with van der Waals surface area (Å²) >= 11 is 1.73. The number of hydrogen-bond donors (Lipinski definition) is 0. The molecule has 29 heavy (non-hydrogen) atoms. The molecule has 0 saturated carbocycles. The molecule has 1 atom stereocenters. The standard InChI is InChI=1S/C23H31N5S/c1-18-6-3-4-8-21(18)27-12-10-26(11-13-27)20-7-5-9-25(16-20)17-22-19(2)24-23-28(22)14-15-29-23/h3-4,6,8,14-15,20H,5,7,9-13,16-17H2,1-2H3/t20-/m1/s1. The molecular formula is C23H31N5S. The van der Waals surface area contributed by atoms with E-state index in [0.717, 1.165) is 24.6 Å². The van der Waals surface area contributed by atoms with Crippen molar-refractivity contribution in [3.63, 3.8) is 0 Å². The van der Waals surface area contributed by atoms with Crippen molar-refractivity contribution in [3.8, 4) is 0 Å². The minimum absolute atomic E-state index is 0.689. The van der Waals surface area contributed by atoms with Crippen LogP contribution in [0.25, 0.3) is 4.96 Å². The Balaban J connectivity index is 1.21. The lowest BCUT2D eigenvalue weighted by atomic mass is 10.0. The molecule has 2 saturated heterocycles. The summed E-state index contributed by atoms with van der Waals surface area (Å²) in [4.78, 5) is 13.8. The van der Waals surface area contributed by atoms with Gasteiger partial charge in [-0.25, -0.2) is 4.98 Å². The number of aromatic nitrogens is 2. The predicted octanol–water partition coefficient (Wildman–Crippen LogP) is 3.80. The van der Waals surface area contributed by atoms with Gasteiger partial charge in [-0.2, -0.15) is 0 Å². The number of thiazole rings is 1. The zero-order chi connectivity index (χ0) is 19.8. The molecule has 2 aliphatic heterocycles. The fourth-order valence-electron chi connectivity index (χ4n) is 5.06. The van der Waals surface area contributed by atoms with Crippen molar-refractivity contribution in [1.82, 2.24) is 19.2 Å². The highest BCUT2D eigenvalue weighted by molar-refractivity contribution is 7.15. The van der Waals surface area contributed by atoms with Crippen LogP contribution < -0.4 is 4.90 Å². The van der Waals surface area contributed by atoms with Gasteiger partial charge in [-0.1, -0.05) is 18.2 Å². The van der Waals surface area contributed by atoms with E-state index in [0.29, 0.717) is 6.04 Å². The van der Waals surface area contributed by atoms with Crippen LogP contribution in [-0.4, -0.2) is 64.5 Å². The molecule has 5 rings (SSSR count). The third-order valence-corrected chi connectivity index (χ3v) is 7.46. The number of anilines is 1. The minimum Gasteiger partial charge on any atom is -0.369 e. The highest BCUT2D eigenvalue weighted by Crippen LogP contribution is 2.25. The highest BCUT2D eigenvalue weighted by Gasteiger charge is 2.29. The Hall–Kier alpha value is -1.89. The van der Waals surface area contributed by atoms with E-state index in [1.165, 1.54) is 61.7 Å². The van der Waals surface area contributed by atoms with E-state index < -0.39 is 0 Å². The van der Waals surface area contributed by atoms with Gasteiger partial charge in [0.1, 0.15) is 0 Å². The van der Waals surface area contributed by atoms with Crippen molar-refractivity contribution in [3.05, 3.63) is 52.8 Å². The van der Waals surface area contributed by atoms with Crippen LogP contribution in [-0.2, 0) is 6.54 Å². The topological polar surface area (TPSA) is 27.0 Å². The third kappa shape index (κ3) is 3.81. The summed E-state index contributed by atoms with van der Waals surface area (Å²) in [5.41, 5.74) is 5.35. The maximum absolute atomic E-state index is 4.73. The van der Waals surface area contributed by atoms with Gasteiger partial charge in [0.15, 0.2) is 4.96 Å². The number of nitrogens with zero attached hydrogens (tertiary/aromatic N) is 5. The van der Waals surface area contributed by atoms with Gasteiger partial charge in [0.05, 0.1) is 11.4 Å². The molecule has 4 heterocycles. The quantitative estimate of drug-likeness (QED) is 0.655. The molecule has 0 N–H and O–H groups in total. The Labute approximate surface area is 177 Å². The average molecular weight is 410 g/mol. The van der Waals surface area contributed by atoms with E-state index in [1.807, 2.05) is 0 Å². The van der Waals surface area contributed by atoms with Crippen molar-refractivity contribution >= 4 is 22.0 Å². The van der Waals surface area contributed by atoms with Crippen LogP contribution >= 0.6 is 11.3 Å². The lowest BCUT2D eigenvalue weighted by molar-refractivity contribution is 0.0878. The summed E-state index contributed by atoms with van der Waals surface area (Å²) in [5.74, 6) is 0. The number of likely N-dealkylation sites (tertiary alicyclic amines) is 1. The van der Waals surface area contributed by atoms with E-state index >= 15 is 0 Å². The maximum atomic E-state index is 4.73. The summed E-state index contributed by atoms with van der Waals surface area (Å²) in [6, 6.07) is 9.48. The Kier molecular flexibility index (Phi) is 5.33. The molecule has 2 aliphatic rings. The molecule has 1 aromatic carbocycles. The maximum Gasteiger partial charge on any atom is 0.194 e. The monoisotopic (exact) mass is 409 g/mol. The Morgan fingerprint density at radius 1 is 1.07 bits per heavy atom. The van der Waals surface area contributed by atoms with E-state index in [-0.39, 0.29) is 0 Å². The lowest BCUT2D eigenvalue weighted by Crippen LogP contribution is -2.55. The summed E-state index contributed by atoms with van der Waals surface area (Å²) in [5, 5.41) is 2.14. The highest BCUT2D eigenvalue weighted by atomic mass is 32.1. The fraction of sp³-hybridized carbons (Fsp3) is 0.522. The molecule has 5 nitrogen and oxygen atoms in total. The van der Waals surface area contributed by atoms with Crippen molar-refractivity contribution < 1.29 is 0 Å². The lowest BCUT2D eigenvalue weighted by Gasteiger charge is -2.44. The number of piperazine rings is 1. The zero-order valence-corrected chi connectivity index (χ0v) is 18.4. The number of hydrogen-bond acceptors (Lipinski definition) is 5. The Morgan fingerprint density at radius 2 is 1.90 bits per heavy atom. The summed E-state index contributed by atoms with van der Waals surface area (Å²) in [7, 11) is 0. The van der Waals surface area contributed by atoms with Gasteiger partial charge in [-0.15, -0.1) is 11.3 Å². The number of para-hydroxylation sites is 1. The van der Waals surface area contributed by atoms with E-state index in [4.69, 9.17) is 4.98 Å². The van der Waals surface area contributed by atoms with Crippen LogP contribution in [0.3, 0.4) is 0 Å². The number of imidazole rings is 1. The average Bonchev–Trinajstić information content (AvgIpc) is 3.31. The van der Waals surface area contributed by atoms with E-state index in [9.17, 15) is 0 Å². The van der Waals surface area contributed by atoms with Crippen LogP contribution in [0.4, 0.5) is 5.69 Å². The van der Waals surface area contributed by atoms with E-state index in [1.54, 1.807) is 11.3 Å². The molecule has 0 unspecified atom stereocenters. The molecule has 6 heteroatoms. The number of rotatable bonds is 4. The van der Waals surface area contributed by atoms with Gasteiger partial charge < -0.3 is 4.90 Å². The number of benzene rings is 1. The largest absolute Gasteiger partial charge is 0.369 e. The Morgan fingerprint density at radius 3 is 2.72 bits per heavy atom. The molecule has 0 spiro atoms. The minimum atomic E-state index is 0.689. The van der Waals surface area contributed by atoms with Crippen molar-refractivity contribution in [2.45, 2.75) is 39.3 Å². The van der Waals surface area contributed by atoms with Crippen LogP contribution in [0.15, 0.2) is 35.8 Å². The first-order chi connectivity index (χ1) is 14.2. The van der Waals surface area contributed by atoms with E-state index in [2.05, 4.69) is 68.8 Å². The first-order valence-electron chi connectivity index (χ1n) is 10.9. The second-order valence-corrected chi connectivity index (χ2v) is 9.41. The molecule has 0 aliphatic carbocycles. The normalized spacial score (nSPS) is 21.9. The van der Waals surface area contributed by atoms with Crippen LogP contribution in [0.1, 0.15) is 29.8 Å². The molecule has 154 valence electrons. The first-order valence-corrected chi connectivity index (χ1v) is 11.7. The summed E-state index contributed by atoms with van der Waals surface area (Å²) < 4.78 is 2.28. The first kappa shape index (κ1) is 19.1. The number of fused-ring (bicyclic) bond motifs is 1. The SMILES string of the molecule is Cc1ccccc1N1CCN([C@@H]2CCCN(Cc3c(C)nc4sccn34)C2)CC1. The van der Waals surface area contributed by atoms with Crippen LogP contribution in [0.2, 0.25) is 0 Å². The van der Waals surface area contributed by atoms with Crippen molar-refractivity contribution in [2.75, 3.05) is 44.2 Å². The third-order valence-electron chi connectivity index (χ3n) is 6.70. The van der Waals surface area contributed by atoms with Gasteiger partial charge in [0.2, 0.25) is 0 Å². The van der Waals surface area contributed by atoms with Crippen LogP contribution in [0, 0.1) is 13.8 Å². The summed E-state index contributed by atoms with van der Waals surface area (Å²) in [6.45, 7) is 12.4. The van der Waals surface area contributed by atoms with Gasteiger partial charge in [0.25, 0.3) is 0 Å². The predicted molar refractivity (Wildman–Crippen MR) is 121 cm³/mol. The number of piperidine rings is 1. The van der Waals surface area contributed by atoms with Gasteiger partial charge >= 0.3 is 0 Å². The molecular weight excluding hydrogens is 378 g/mol. The molecule has 2 fully saturated rings. The van der Waals surface area contributed by atoms with Crippen molar-refractivity contribution in [2.24, 2.45) is 0 Å². The zero-order valence-electron chi connectivity index (χ0n) is 17.5. The van der Waals surface area contributed by atoms with Gasteiger partial charge in [-0.05, 0) is 44.9 Å². The second-order valence-electron chi connectivity index (χ2n) is 8.54. The molecule has 3 aromatic rings. The second kappa shape index (κ2) is 8.09. The van der Waals surface area contributed by atoms with Gasteiger partial charge in [0, 0.05) is 62.6 Å². The molecule has 0 bridgehead atoms. The molecule has 0 amide bonds. The fourth-order valence-corrected chi connectivity index (χ4v) is 5.84.